The van der Waals surface area contributed by atoms with Gasteiger partial charge in [-0.15, -0.1) is 0 Å². The fraction of sp³-hybridized carbons (Fsp3) is 0.133. The van der Waals surface area contributed by atoms with Crippen LogP contribution >= 0.6 is 23.2 Å². The van der Waals surface area contributed by atoms with Crippen molar-refractivity contribution >= 4 is 40.5 Å². The lowest BCUT2D eigenvalue weighted by Gasteiger charge is -2.12. The summed E-state index contributed by atoms with van der Waals surface area (Å²) in [6, 6.07) is 8.76. The summed E-state index contributed by atoms with van der Waals surface area (Å²) < 4.78 is 13.0. The first kappa shape index (κ1) is 15.6. The van der Waals surface area contributed by atoms with Crippen LogP contribution in [0, 0.1) is 5.82 Å². The van der Waals surface area contributed by atoms with Crippen LogP contribution in [0.15, 0.2) is 36.4 Å². The maximum absolute atomic E-state index is 13.0. The number of rotatable bonds is 4. The number of amides is 1. The highest BCUT2D eigenvalue weighted by molar-refractivity contribution is 6.34. The van der Waals surface area contributed by atoms with E-state index in [2.05, 4.69) is 10.6 Å². The number of hydrogen-bond donors (Lipinski definition) is 2. The van der Waals surface area contributed by atoms with E-state index in [-0.39, 0.29) is 10.9 Å². The van der Waals surface area contributed by atoms with Crippen molar-refractivity contribution in [3.63, 3.8) is 0 Å². The molecule has 0 radical (unpaired) electrons. The van der Waals surface area contributed by atoms with E-state index in [0.717, 1.165) is 6.07 Å². The summed E-state index contributed by atoms with van der Waals surface area (Å²) in [7, 11) is 0. The molecule has 0 aliphatic heterocycles. The van der Waals surface area contributed by atoms with Crippen LogP contribution in [-0.4, -0.2) is 12.5 Å². The minimum Gasteiger partial charge on any atom is -0.385 e. The molecule has 0 saturated heterocycles. The summed E-state index contributed by atoms with van der Waals surface area (Å²) in [5.74, 6) is -0.837. The predicted octanol–water partition coefficient (Wildman–Crippen LogP) is 4.82. The number of carbonyl (C=O) groups excluding carboxylic acids is 1. The quantitative estimate of drug-likeness (QED) is 0.845. The van der Waals surface area contributed by atoms with Gasteiger partial charge < -0.3 is 10.6 Å². The van der Waals surface area contributed by atoms with Gasteiger partial charge in [-0.2, -0.15) is 0 Å². The first-order valence-corrected chi connectivity index (χ1v) is 7.06. The van der Waals surface area contributed by atoms with E-state index in [1.807, 2.05) is 6.92 Å². The van der Waals surface area contributed by atoms with Crippen LogP contribution in [0.2, 0.25) is 10.0 Å². The molecule has 0 fully saturated rings. The predicted molar refractivity (Wildman–Crippen MR) is 85.0 cm³/mol. The summed E-state index contributed by atoms with van der Waals surface area (Å²) in [6.07, 6.45) is 0. The Bertz CT molecular complexity index is 677. The summed E-state index contributed by atoms with van der Waals surface area (Å²) in [4.78, 5) is 12.3. The van der Waals surface area contributed by atoms with Crippen LogP contribution < -0.4 is 10.6 Å². The largest absolute Gasteiger partial charge is 0.385 e. The van der Waals surface area contributed by atoms with Gasteiger partial charge in [-0.1, -0.05) is 23.2 Å². The number of carbonyl (C=O) groups is 1. The van der Waals surface area contributed by atoms with Crippen molar-refractivity contribution < 1.29 is 9.18 Å². The number of benzene rings is 2. The topological polar surface area (TPSA) is 41.1 Å². The lowest BCUT2D eigenvalue weighted by Crippen LogP contribution is -2.15. The highest BCUT2D eigenvalue weighted by Gasteiger charge is 2.14. The minimum absolute atomic E-state index is 0.135. The molecule has 0 aliphatic carbocycles. The molecular formula is C15H13Cl2FN2O. The number of halogens is 3. The lowest BCUT2D eigenvalue weighted by molar-refractivity contribution is 0.102. The van der Waals surface area contributed by atoms with Crippen LogP contribution in [-0.2, 0) is 0 Å². The van der Waals surface area contributed by atoms with Gasteiger partial charge in [-0.05, 0) is 43.3 Å². The van der Waals surface area contributed by atoms with Gasteiger partial charge in [-0.25, -0.2) is 4.39 Å². The molecule has 0 aliphatic rings. The third-order valence-electron chi connectivity index (χ3n) is 2.77. The van der Waals surface area contributed by atoms with Crippen molar-refractivity contribution in [2.45, 2.75) is 6.92 Å². The van der Waals surface area contributed by atoms with Crippen LogP contribution in [0.3, 0.4) is 0 Å². The summed E-state index contributed by atoms with van der Waals surface area (Å²) in [6.45, 7) is 2.59. The Morgan fingerprint density at radius 1 is 1.14 bits per heavy atom. The van der Waals surface area contributed by atoms with E-state index < -0.39 is 5.82 Å². The molecule has 2 aromatic rings. The second-order valence-corrected chi connectivity index (χ2v) is 5.14. The average Bonchev–Trinajstić information content (AvgIpc) is 2.44. The Hall–Kier alpha value is -1.78. The zero-order valence-electron chi connectivity index (χ0n) is 11.2. The van der Waals surface area contributed by atoms with E-state index in [9.17, 15) is 9.18 Å². The summed E-state index contributed by atoms with van der Waals surface area (Å²) in [5.41, 5.74) is 1.40. The minimum atomic E-state index is -0.464. The number of nitrogens with one attached hydrogen (secondary N) is 2. The van der Waals surface area contributed by atoms with Gasteiger partial charge >= 0.3 is 0 Å². The van der Waals surface area contributed by atoms with E-state index in [1.54, 1.807) is 18.2 Å². The van der Waals surface area contributed by atoms with E-state index in [4.69, 9.17) is 23.2 Å². The van der Waals surface area contributed by atoms with Gasteiger partial charge in [0.2, 0.25) is 0 Å². The molecule has 0 saturated carbocycles. The second kappa shape index (κ2) is 6.78. The highest BCUT2D eigenvalue weighted by Crippen LogP contribution is 2.25. The Morgan fingerprint density at radius 2 is 1.86 bits per heavy atom. The third kappa shape index (κ3) is 3.86. The second-order valence-electron chi connectivity index (χ2n) is 4.30. The van der Waals surface area contributed by atoms with Crippen LogP contribution in [0.4, 0.5) is 15.8 Å². The first-order chi connectivity index (χ1) is 10.0. The van der Waals surface area contributed by atoms with Gasteiger partial charge in [0.05, 0.1) is 16.3 Å². The van der Waals surface area contributed by atoms with E-state index in [1.165, 1.54) is 12.1 Å². The molecule has 0 heterocycles. The van der Waals surface area contributed by atoms with E-state index >= 15 is 0 Å². The molecule has 0 spiro atoms. The maximum atomic E-state index is 13.0. The monoisotopic (exact) mass is 326 g/mol. The molecule has 6 heteroatoms. The zero-order chi connectivity index (χ0) is 15.4. The van der Waals surface area contributed by atoms with Crippen molar-refractivity contribution in [3.8, 4) is 0 Å². The molecule has 2 rings (SSSR count). The fourth-order valence-corrected chi connectivity index (χ4v) is 2.22. The van der Waals surface area contributed by atoms with Crippen molar-refractivity contribution in [1.82, 2.24) is 0 Å². The molecule has 21 heavy (non-hydrogen) atoms. The van der Waals surface area contributed by atoms with Crippen molar-refractivity contribution in [2.24, 2.45) is 0 Å². The van der Waals surface area contributed by atoms with Crippen molar-refractivity contribution in [3.05, 3.63) is 57.8 Å². The third-order valence-corrected chi connectivity index (χ3v) is 3.32. The SMILES string of the molecule is CCNc1ccc(Cl)cc1C(=O)Nc1ccc(F)cc1Cl. The number of anilines is 2. The van der Waals surface area contributed by atoms with Crippen molar-refractivity contribution in [2.75, 3.05) is 17.2 Å². The van der Waals surface area contributed by atoms with Crippen LogP contribution in [0.5, 0.6) is 0 Å². The fourth-order valence-electron chi connectivity index (χ4n) is 1.83. The van der Waals surface area contributed by atoms with E-state index in [0.29, 0.717) is 28.5 Å². The first-order valence-electron chi connectivity index (χ1n) is 6.31. The van der Waals surface area contributed by atoms with Crippen molar-refractivity contribution in [1.29, 1.82) is 0 Å². The Balaban J connectivity index is 2.29. The molecule has 1 amide bonds. The Labute approximate surface area is 132 Å². The molecule has 0 unspecified atom stereocenters. The van der Waals surface area contributed by atoms with Gasteiger partial charge in [-0.3, -0.25) is 4.79 Å². The molecule has 0 atom stereocenters. The Morgan fingerprint density at radius 3 is 2.52 bits per heavy atom. The molecule has 0 aromatic heterocycles. The standard InChI is InChI=1S/C15H13Cl2FN2O/c1-2-19-13-5-3-9(16)7-11(13)15(21)20-14-6-4-10(18)8-12(14)17/h3-8,19H,2H2,1H3,(H,20,21). The van der Waals surface area contributed by atoms with Gasteiger partial charge in [0.1, 0.15) is 5.82 Å². The van der Waals surface area contributed by atoms with Crippen LogP contribution in [0.1, 0.15) is 17.3 Å². The molecular weight excluding hydrogens is 314 g/mol. The molecule has 110 valence electrons. The lowest BCUT2D eigenvalue weighted by atomic mass is 10.1. The molecule has 3 nitrogen and oxygen atoms in total. The van der Waals surface area contributed by atoms with Gasteiger partial charge in [0.25, 0.3) is 5.91 Å². The van der Waals surface area contributed by atoms with Gasteiger partial charge in [0, 0.05) is 17.3 Å². The smallest absolute Gasteiger partial charge is 0.257 e. The zero-order valence-corrected chi connectivity index (χ0v) is 12.7. The normalized spacial score (nSPS) is 10.3. The molecule has 0 bridgehead atoms. The van der Waals surface area contributed by atoms with Gasteiger partial charge in [0.15, 0.2) is 0 Å². The highest BCUT2D eigenvalue weighted by atomic mass is 35.5. The molecule has 2 N–H and O–H groups in total. The summed E-state index contributed by atoms with van der Waals surface area (Å²) in [5, 5.41) is 6.31. The number of hydrogen-bond acceptors (Lipinski definition) is 2. The average molecular weight is 327 g/mol. The maximum Gasteiger partial charge on any atom is 0.257 e. The molecule has 2 aromatic carbocycles. The Kier molecular flexibility index (Phi) is 5.04. The summed E-state index contributed by atoms with van der Waals surface area (Å²) >= 11 is 11.8. The van der Waals surface area contributed by atoms with Crippen LogP contribution in [0.25, 0.3) is 0 Å².